The Kier molecular flexibility index (Phi) is 6.60. The number of halogens is 2. The van der Waals surface area contributed by atoms with Crippen LogP contribution in [0.3, 0.4) is 0 Å². The van der Waals surface area contributed by atoms with Crippen LogP contribution in [0, 0.1) is 5.82 Å². The number of carbonyl (C=O) groups excluding carboxylic acids is 1. The number of nitrogens with zero attached hydrogens (tertiary/aromatic N) is 1. The molecule has 32 heavy (non-hydrogen) atoms. The molecule has 3 aromatic rings. The average molecular weight is 473 g/mol. The SMILES string of the molecule is O=C(C[C@@H]1c2ccccc2CCN1S(=O)(=O)c1ccc(F)cc1)NCc1cccc(Cl)c1. The number of carbonyl (C=O) groups is 1. The molecule has 1 amide bonds. The van der Waals surface area contributed by atoms with Gasteiger partial charge in [-0.3, -0.25) is 4.79 Å². The first-order valence-corrected chi connectivity index (χ1v) is 12.0. The molecule has 3 aromatic carbocycles. The third kappa shape index (κ3) is 4.85. The maximum atomic E-state index is 13.4. The molecule has 0 radical (unpaired) electrons. The summed E-state index contributed by atoms with van der Waals surface area (Å²) in [6.45, 7) is 0.529. The van der Waals surface area contributed by atoms with Crippen LogP contribution in [0.15, 0.2) is 77.7 Å². The van der Waals surface area contributed by atoms with E-state index in [1.165, 1.54) is 16.4 Å². The van der Waals surface area contributed by atoms with Crippen molar-refractivity contribution in [1.29, 1.82) is 0 Å². The number of rotatable bonds is 6. The Hall–Kier alpha value is -2.74. The maximum absolute atomic E-state index is 13.4. The summed E-state index contributed by atoms with van der Waals surface area (Å²) in [6, 6.07) is 18.8. The second kappa shape index (κ2) is 9.40. The Morgan fingerprint density at radius 1 is 1.06 bits per heavy atom. The maximum Gasteiger partial charge on any atom is 0.243 e. The fourth-order valence-electron chi connectivity index (χ4n) is 3.97. The lowest BCUT2D eigenvalue weighted by Crippen LogP contribution is -2.42. The highest BCUT2D eigenvalue weighted by Gasteiger charge is 2.37. The highest BCUT2D eigenvalue weighted by Crippen LogP contribution is 2.36. The summed E-state index contributed by atoms with van der Waals surface area (Å²) in [5.74, 6) is -0.782. The Balaban J connectivity index is 1.59. The number of fused-ring (bicyclic) bond motifs is 1. The molecule has 166 valence electrons. The summed E-state index contributed by atoms with van der Waals surface area (Å²) >= 11 is 6.00. The molecular formula is C24H22ClFN2O3S. The lowest BCUT2D eigenvalue weighted by Gasteiger charge is -2.36. The van der Waals surface area contributed by atoms with E-state index in [1.807, 2.05) is 30.3 Å². The quantitative estimate of drug-likeness (QED) is 0.575. The van der Waals surface area contributed by atoms with E-state index in [-0.39, 0.29) is 23.8 Å². The molecule has 0 aromatic heterocycles. The molecule has 0 aliphatic carbocycles. The minimum Gasteiger partial charge on any atom is -0.352 e. The van der Waals surface area contributed by atoms with Crippen molar-refractivity contribution in [3.63, 3.8) is 0 Å². The molecule has 0 unspecified atom stereocenters. The van der Waals surface area contributed by atoms with E-state index >= 15 is 0 Å². The smallest absolute Gasteiger partial charge is 0.243 e. The molecule has 0 spiro atoms. The Morgan fingerprint density at radius 2 is 1.81 bits per heavy atom. The summed E-state index contributed by atoms with van der Waals surface area (Å²) in [6.07, 6.45) is 0.509. The van der Waals surface area contributed by atoms with Crippen molar-refractivity contribution in [3.8, 4) is 0 Å². The summed E-state index contributed by atoms with van der Waals surface area (Å²) in [4.78, 5) is 12.8. The van der Waals surface area contributed by atoms with Crippen LogP contribution in [0.5, 0.6) is 0 Å². The van der Waals surface area contributed by atoms with Crippen molar-refractivity contribution in [3.05, 3.63) is 100 Å². The summed E-state index contributed by atoms with van der Waals surface area (Å²) in [5.41, 5.74) is 2.68. The second-order valence-corrected chi connectivity index (χ2v) is 9.97. The molecule has 0 saturated carbocycles. The largest absolute Gasteiger partial charge is 0.352 e. The fraction of sp³-hybridized carbons (Fsp3) is 0.208. The van der Waals surface area contributed by atoms with Gasteiger partial charge in [0.05, 0.1) is 10.9 Å². The zero-order valence-electron chi connectivity index (χ0n) is 17.2. The molecule has 1 aliphatic rings. The number of hydrogen-bond donors (Lipinski definition) is 1. The summed E-state index contributed by atoms with van der Waals surface area (Å²) < 4.78 is 41.4. The van der Waals surface area contributed by atoms with Crippen molar-refractivity contribution in [2.45, 2.75) is 30.3 Å². The predicted molar refractivity (Wildman–Crippen MR) is 121 cm³/mol. The Labute approximate surface area is 191 Å². The molecular weight excluding hydrogens is 451 g/mol. The minimum absolute atomic E-state index is 0.00242. The lowest BCUT2D eigenvalue weighted by molar-refractivity contribution is -0.122. The van der Waals surface area contributed by atoms with Crippen LogP contribution < -0.4 is 5.32 Å². The Morgan fingerprint density at radius 3 is 2.56 bits per heavy atom. The van der Waals surface area contributed by atoms with Crippen LogP contribution in [0.1, 0.15) is 29.2 Å². The van der Waals surface area contributed by atoms with Crippen LogP contribution in [-0.4, -0.2) is 25.2 Å². The van der Waals surface area contributed by atoms with Crippen molar-refractivity contribution < 1.29 is 17.6 Å². The van der Waals surface area contributed by atoms with Crippen LogP contribution in [-0.2, 0) is 27.8 Å². The number of hydrogen-bond acceptors (Lipinski definition) is 3. The number of sulfonamides is 1. The van der Waals surface area contributed by atoms with Gasteiger partial charge >= 0.3 is 0 Å². The first kappa shape index (κ1) is 22.5. The van der Waals surface area contributed by atoms with Crippen LogP contribution in [0.25, 0.3) is 0 Å². The van der Waals surface area contributed by atoms with Gasteiger partial charge in [-0.15, -0.1) is 0 Å². The molecule has 4 rings (SSSR count). The van der Waals surface area contributed by atoms with Gasteiger partial charge in [-0.1, -0.05) is 48.0 Å². The fourth-order valence-corrected chi connectivity index (χ4v) is 5.78. The van der Waals surface area contributed by atoms with Crippen molar-refractivity contribution >= 4 is 27.5 Å². The van der Waals surface area contributed by atoms with E-state index in [2.05, 4.69) is 5.32 Å². The highest BCUT2D eigenvalue weighted by atomic mass is 35.5. The molecule has 0 bridgehead atoms. The van der Waals surface area contributed by atoms with Gasteiger partial charge in [0.15, 0.2) is 0 Å². The first-order chi connectivity index (χ1) is 15.3. The number of nitrogens with one attached hydrogen (secondary N) is 1. The van der Waals surface area contributed by atoms with Gasteiger partial charge < -0.3 is 5.32 Å². The average Bonchev–Trinajstić information content (AvgIpc) is 2.78. The lowest BCUT2D eigenvalue weighted by atomic mass is 9.92. The monoisotopic (exact) mass is 472 g/mol. The predicted octanol–water partition coefficient (Wildman–Crippen LogP) is 4.47. The minimum atomic E-state index is -3.92. The van der Waals surface area contributed by atoms with E-state index in [0.717, 1.165) is 28.8 Å². The van der Waals surface area contributed by atoms with Crippen molar-refractivity contribution in [2.24, 2.45) is 0 Å². The van der Waals surface area contributed by atoms with E-state index in [1.54, 1.807) is 18.2 Å². The Bertz CT molecular complexity index is 1230. The third-order valence-corrected chi connectivity index (χ3v) is 7.70. The third-order valence-electron chi connectivity index (χ3n) is 5.54. The second-order valence-electron chi connectivity index (χ2n) is 7.65. The highest BCUT2D eigenvalue weighted by molar-refractivity contribution is 7.89. The number of amides is 1. The van der Waals surface area contributed by atoms with E-state index in [0.29, 0.717) is 18.0 Å². The molecule has 0 fully saturated rings. The van der Waals surface area contributed by atoms with Gasteiger partial charge in [0, 0.05) is 24.5 Å². The van der Waals surface area contributed by atoms with Crippen molar-refractivity contribution in [2.75, 3.05) is 6.54 Å². The van der Waals surface area contributed by atoms with Gasteiger partial charge in [-0.25, -0.2) is 12.8 Å². The normalized spacial score (nSPS) is 16.4. The molecule has 1 heterocycles. The zero-order valence-corrected chi connectivity index (χ0v) is 18.7. The van der Waals surface area contributed by atoms with Gasteiger partial charge in [0.1, 0.15) is 5.82 Å². The van der Waals surface area contributed by atoms with Gasteiger partial charge in [0.25, 0.3) is 0 Å². The van der Waals surface area contributed by atoms with Gasteiger partial charge in [-0.05, 0) is 59.5 Å². The molecule has 5 nitrogen and oxygen atoms in total. The topological polar surface area (TPSA) is 66.5 Å². The van der Waals surface area contributed by atoms with Crippen LogP contribution >= 0.6 is 11.6 Å². The van der Waals surface area contributed by atoms with E-state index < -0.39 is 21.9 Å². The molecule has 8 heteroatoms. The van der Waals surface area contributed by atoms with Crippen LogP contribution in [0.2, 0.25) is 5.02 Å². The van der Waals surface area contributed by atoms with E-state index in [9.17, 15) is 17.6 Å². The van der Waals surface area contributed by atoms with Crippen molar-refractivity contribution in [1.82, 2.24) is 9.62 Å². The first-order valence-electron chi connectivity index (χ1n) is 10.2. The summed E-state index contributed by atoms with van der Waals surface area (Å²) in [7, 11) is -3.92. The zero-order chi connectivity index (χ0) is 22.7. The molecule has 1 aliphatic heterocycles. The molecule has 1 N–H and O–H groups in total. The van der Waals surface area contributed by atoms with Gasteiger partial charge in [-0.2, -0.15) is 4.31 Å². The summed E-state index contributed by atoms with van der Waals surface area (Å²) in [5, 5.41) is 3.43. The number of benzene rings is 3. The molecule has 1 atom stereocenters. The van der Waals surface area contributed by atoms with Gasteiger partial charge in [0.2, 0.25) is 15.9 Å². The van der Waals surface area contributed by atoms with Crippen LogP contribution in [0.4, 0.5) is 4.39 Å². The van der Waals surface area contributed by atoms with E-state index in [4.69, 9.17) is 11.6 Å². The standard InChI is InChI=1S/C24H22ClFN2O3S/c25-19-6-3-4-17(14-19)16-27-24(29)15-23-22-7-2-1-5-18(22)12-13-28(23)32(30,31)21-10-8-20(26)9-11-21/h1-11,14,23H,12-13,15-16H2,(H,27,29)/t23-/m1/s1. The molecule has 0 saturated heterocycles.